The third-order valence-corrected chi connectivity index (χ3v) is 2.61. The molecule has 1 aromatic carbocycles. The number of ether oxygens (including phenoxy) is 1. The molecular weight excluding hydrogens is 244 g/mol. The molecule has 4 heteroatoms. The molecule has 0 fully saturated rings. The van der Waals surface area contributed by atoms with Crippen LogP contribution in [0.4, 0.5) is 0 Å². The van der Waals surface area contributed by atoms with E-state index in [2.05, 4.69) is 0 Å². The Hall–Kier alpha value is -2.49. The fourth-order valence-corrected chi connectivity index (χ4v) is 1.63. The molecule has 2 rings (SSSR count). The first-order valence-corrected chi connectivity index (χ1v) is 5.76. The number of carbonyl (C=O) groups excluding carboxylic acids is 1. The van der Waals surface area contributed by atoms with Crippen molar-refractivity contribution in [2.45, 2.75) is 6.92 Å². The number of furan rings is 1. The Morgan fingerprint density at radius 2 is 2.11 bits per heavy atom. The molecular formula is C15H14O4. The molecule has 0 atom stereocenters. The maximum Gasteiger partial charge on any atom is 0.221 e. The number of hydrogen-bond acceptors (Lipinski definition) is 4. The maximum absolute atomic E-state index is 11.8. The number of hydrogen-bond donors (Lipinski definition) is 1. The van der Waals surface area contributed by atoms with Crippen molar-refractivity contribution in [2.75, 3.05) is 7.11 Å². The van der Waals surface area contributed by atoms with Crippen LogP contribution in [0.5, 0.6) is 11.5 Å². The number of allylic oxidation sites excluding steroid dienone is 1. The zero-order valence-electron chi connectivity index (χ0n) is 10.7. The fraction of sp³-hybridized carbons (Fsp3) is 0.133. The predicted molar refractivity (Wildman–Crippen MR) is 71.5 cm³/mol. The van der Waals surface area contributed by atoms with E-state index in [4.69, 9.17) is 9.15 Å². The van der Waals surface area contributed by atoms with Crippen molar-refractivity contribution < 1.29 is 19.1 Å². The minimum Gasteiger partial charge on any atom is -0.504 e. The number of ketones is 1. The van der Waals surface area contributed by atoms with Crippen molar-refractivity contribution in [3.05, 3.63) is 53.5 Å². The van der Waals surface area contributed by atoms with Crippen molar-refractivity contribution in [3.63, 3.8) is 0 Å². The molecule has 4 nitrogen and oxygen atoms in total. The molecule has 0 aliphatic heterocycles. The van der Waals surface area contributed by atoms with Gasteiger partial charge in [0.1, 0.15) is 5.76 Å². The van der Waals surface area contributed by atoms with Gasteiger partial charge in [0.15, 0.2) is 17.3 Å². The van der Waals surface area contributed by atoms with Crippen LogP contribution in [0, 0.1) is 6.92 Å². The van der Waals surface area contributed by atoms with E-state index in [-0.39, 0.29) is 11.5 Å². The van der Waals surface area contributed by atoms with E-state index in [0.29, 0.717) is 22.8 Å². The van der Waals surface area contributed by atoms with Crippen molar-refractivity contribution >= 4 is 11.9 Å². The lowest BCUT2D eigenvalue weighted by Gasteiger charge is -2.03. The summed E-state index contributed by atoms with van der Waals surface area (Å²) in [5, 5.41) is 9.61. The number of methoxy groups -OCH3 is 1. The number of phenols is 1. The van der Waals surface area contributed by atoms with Gasteiger partial charge in [-0.1, -0.05) is 12.1 Å². The number of aryl methyl sites for hydroxylation is 1. The third kappa shape index (κ3) is 3.04. The molecule has 0 spiro atoms. The van der Waals surface area contributed by atoms with Crippen molar-refractivity contribution in [2.24, 2.45) is 0 Å². The van der Waals surface area contributed by atoms with E-state index in [0.717, 1.165) is 0 Å². The van der Waals surface area contributed by atoms with E-state index in [1.807, 2.05) is 0 Å². The summed E-state index contributed by atoms with van der Waals surface area (Å²) in [7, 11) is 1.48. The van der Waals surface area contributed by atoms with Gasteiger partial charge in [-0.05, 0) is 42.8 Å². The van der Waals surface area contributed by atoms with Gasteiger partial charge in [-0.2, -0.15) is 0 Å². The second-order valence-electron chi connectivity index (χ2n) is 4.04. The second-order valence-corrected chi connectivity index (χ2v) is 4.04. The Bertz CT molecular complexity index is 623. The zero-order valence-corrected chi connectivity index (χ0v) is 10.7. The summed E-state index contributed by atoms with van der Waals surface area (Å²) in [5.74, 6) is 1.20. The smallest absolute Gasteiger partial charge is 0.221 e. The van der Waals surface area contributed by atoms with Gasteiger partial charge in [0, 0.05) is 0 Å². The molecule has 0 saturated carbocycles. The van der Waals surface area contributed by atoms with E-state index >= 15 is 0 Å². The van der Waals surface area contributed by atoms with Crippen LogP contribution in [0.3, 0.4) is 0 Å². The molecule has 0 bridgehead atoms. The molecule has 1 heterocycles. The van der Waals surface area contributed by atoms with Gasteiger partial charge in [0.25, 0.3) is 0 Å². The Balaban J connectivity index is 2.14. The number of aromatic hydroxyl groups is 1. The SMILES string of the molecule is COc1ccc(/C=C/C(=O)c2ccc(C)o2)cc1O. The molecule has 0 radical (unpaired) electrons. The van der Waals surface area contributed by atoms with Gasteiger partial charge in [-0.3, -0.25) is 4.79 Å². The lowest BCUT2D eigenvalue weighted by Crippen LogP contribution is -1.90. The quantitative estimate of drug-likeness (QED) is 0.675. The van der Waals surface area contributed by atoms with Gasteiger partial charge in [-0.15, -0.1) is 0 Å². The zero-order chi connectivity index (χ0) is 13.8. The lowest BCUT2D eigenvalue weighted by molar-refractivity contribution is 0.102. The van der Waals surface area contributed by atoms with Crippen molar-refractivity contribution in [1.29, 1.82) is 0 Å². The van der Waals surface area contributed by atoms with Crippen LogP contribution in [0.15, 0.2) is 40.8 Å². The minimum atomic E-state index is -0.219. The van der Waals surface area contributed by atoms with Crippen LogP contribution in [-0.4, -0.2) is 18.0 Å². The molecule has 0 saturated heterocycles. The fourth-order valence-electron chi connectivity index (χ4n) is 1.63. The van der Waals surface area contributed by atoms with Crippen LogP contribution >= 0.6 is 0 Å². The van der Waals surface area contributed by atoms with Crippen LogP contribution in [-0.2, 0) is 0 Å². The minimum absolute atomic E-state index is 0.0333. The lowest BCUT2D eigenvalue weighted by atomic mass is 10.1. The van der Waals surface area contributed by atoms with Gasteiger partial charge in [0.05, 0.1) is 7.11 Å². The highest BCUT2D eigenvalue weighted by Gasteiger charge is 2.06. The summed E-state index contributed by atoms with van der Waals surface area (Å²) in [4.78, 5) is 11.8. The van der Waals surface area contributed by atoms with E-state index in [1.165, 1.54) is 19.3 Å². The van der Waals surface area contributed by atoms with Crippen molar-refractivity contribution in [3.8, 4) is 11.5 Å². The van der Waals surface area contributed by atoms with Gasteiger partial charge in [0.2, 0.25) is 5.78 Å². The first-order valence-electron chi connectivity index (χ1n) is 5.76. The Morgan fingerprint density at radius 3 is 2.68 bits per heavy atom. The van der Waals surface area contributed by atoms with E-state index in [9.17, 15) is 9.90 Å². The predicted octanol–water partition coefficient (Wildman–Crippen LogP) is 3.20. The van der Waals surface area contributed by atoms with Crippen LogP contribution < -0.4 is 4.74 Å². The molecule has 1 N–H and O–H groups in total. The standard InChI is InChI=1S/C15H14O4/c1-10-3-7-15(19-10)12(16)6-4-11-5-8-14(18-2)13(17)9-11/h3-9,17H,1-2H3/b6-4+. The summed E-state index contributed by atoms with van der Waals surface area (Å²) < 4.78 is 10.2. The van der Waals surface area contributed by atoms with Gasteiger partial charge < -0.3 is 14.3 Å². The van der Waals surface area contributed by atoms with Crippen LogP contribution in [0.2, 0.25) is 0 Å². The first-order chi connectivity index (χ1) is 9.10. The highest BCUT2D eigenvalue weighted by molar-refractivity contribution is 6.04. The monoisotopic (exact) mass is 258 g/mol. The largest absolute Gasteiger partial charge is 0.504 e. The average Bonchev–Trinajstić information content (AvgIpc) is 2.83. The van der Waals surface area contributed by atoms with E-state index < -0.39 is 0 Å². The second kappa shape index (κ2) is 5.44. The van der Waals surface area contributed by atoms with E-state index in [1.54, 1.807) is 37.3 Å². The summed E-state index contributed by atoms with van der Waals surface area (Å²) in [6.07, 6.45) is 3.01. The Labute approximate surface area is 110 Å². The molecule has 0 aliphatic carbocycles. The number of phenolic OH excluding ortho intramolecular Hbond substituents is 1. The summed E-state index contributed by atoms with van der Waals surface area (Å²) >= 11 is 0. The average molecular weight is 258 g/mol. The Kier molecular flexibility index (Phi) is 3.71. The van der Waals surface area contributed by atoms with Crippen LogP contribution in [0.1, 0.15) is 21.9 Å². The normalized spacial score (nSPS) is 10.8. The molecule has 98 valence electrons. The van der Waals surface area contributed by atoms with Crippen LogP contribution in [0.25, 0.3) is 6.08 Å². The first kappa shape index (κ1) is 13.0. The number of rotatable bonds is 4. The molecule has 2 aromatic rings. The maximum atomic E-state index is 11.8. The molecule has 19 heavy (non-hydrogen) atoms. The molecule has 1 aromatic heterocycles. The summed E-state index contributed by atoms with van der Waals surface area (Å²) in [6.45, 7) is 1.78. The molecule has 0 aliphatic rings. The summed E-state index contributed by atoms with van der Waals surface area (Å²) in [5.41, 5.74) is 0.704. The molecule has 0 amide bonds. The third-order valence-electron chi connectivity index (χ3n) is 2.61. The highest BCUT2D eigenvalue weighted by atomic mass is 16.5. The van der Waals surface area contributed by atoms with Gasteiger partial charge >= 0.3 is 0 Å². The van der Waals surface area contributed by atoms with Gasteiger partial charge in [-0.25, -0.2) is 0 Å². The number of benzene rings is 1. The Morgan fingerprint density at radius 1 is 1.32 bits per heavy atom. The highest BCUT2D eigenvalue weighted by Crippen LogP contribution is 2.26. The molecule has 0 unspecified atom stereocenters. The summed E-state index contributed by atoms with van der Waals surface area (Å²) in [6, 6.07) is 8.27. The number of carbonyl (C=O) groups is 1. The topological polar surface area (TPSA) is 59.7 Å². The van der Waals surface area contributed by atoms with Crippen molar-refractivity contribution in [1.82, 2.24) is 0 Å².